The van der Waals surface area contributed by atoms with Gasteiger partial charge in [-0.15, -0.1) is 0 Å². The highest BCUT2D eigenvalue weighted by Gasteiger charge is 2.13. The number of nitrogen functional groups attached to an aromatic ring is 1. The third-order valence-corrected chi connectivity index (χ3v) is 4.35. The molecule has 0 spiro atoms. The molecule has 0 aliphatic carbocycles. The fourth-order valence-corrected chi connectivity index (χ4v) is 2.87. The molecule has 0 unspecified atom stereocenters. The quantitative estimate of drug-likeness (QED) is 0.837. The topological polar surface area (TPSA) is 54.2 Å². The van der Waals surface area contributed by atoms with E-state index in [0.717, 1.165) is 47.1 Å². The minimum absolute atomic E-state index is 0.784. The van der Waals surface area contributed by atoms with Gasteiger partial charge in [0.05, 0.1) is 0 Å². The van der Waals surface area contributed by atoms with Crippen molar-refractivity contribution in [2.24, 2.45) is 0 Å². The first-order chi connectivity index (χ1) is 11.1. The number of piperidine rings is 1. The fourth-order valence-electron chi connectivity index (χ4n) is 2.87. The Kier molecular flexibility index (Phi) is 4.51. The highest BCUT2D eigenvalue weighted by molar-refractivity contribution is 5.77. The van der Waals surface area contributed by atoms with Crippen LogP contribution in [0.5, 0.6) is 0 Å². The zero-order valence-electron chi connectivity index (χ0n) is 13.7. The van der Waals surface area contributed by atoms with Gasteiger partial charge in [0.25, 0.3) is 0 Å². The summed E-state index contributed by atoms with van der Waals surface area (Å²) in [6.45, 7) is 8.34. The first-order valence-electron chi connectivity index (χ1n) is 8.17. The van der Waals surface area contributed by atoms with Crippen LogP contribution >= 0.6 is 0 Å². The van der Waals surface area contributed by atoms with Crippen molar-refractivity contribution in [3.63, 3.8) is 0 Å². The van der Waals surface area contributed by atoms with Gasteiger partial charge in [-0.2, -0.15) is 0 Å². The smallest absolute Gasteiger partial charge is 0.129 e. The molecule has 2 heterocycles. The van der Waals surface area contributed by atoms with Crippen LogP contribution < -0.4 is 16.0 Å². The summed E-state index contributed by atoms with van der Waals surface area (Å²) in [6.07, 6.45) is 5.66. The highest BCUT2D eigenvalue weighted by atomic mass is 15.2. The molecule has 0 amide bonds. The van der Waals surface area contributed by atoms with Crippen molar-refractivity contribution in [3.05, 3.63) is 54.2 Å². The van der Waals surface area contributed by atoms with Crippen molar-refractivity contribution < 1.29 is 0 Å². The van der Waals surface area contributed by atoms with Gasteiger partial charge >= 0.3 is 0 Å². The average molecular weight is 308 g/mol. The number of hydrogen-bond acceptors (Lipinski definition) is 4. The molecule has 1 fully saturated rings. The molecule has 3 N–H and O–H groups in total. The number of benzene rings is 1. The van der Waals surface area contributed by atoms with E-state index in [1.54, 1.807) is 0 Å². The second kappa shape index (κ2) is 6.73. The number of nitrogens with two attached hydrogens (primary N) is 1. The van der Waals surface area contributed by atoms with Crippen molar-refractivity contribution in [1.29, 1.82) is 0 Å². The summed E-state index contributed by atoms with van der Waals surface area (Å²) in [6, 6.07) is 10.1. The number of aryl methyl sites for hydroxylation is 1. The summed E-state index contributed by atoms with van der Waals surface area (Å²) in [5.74, 6) is 1.04. The molecule has 120 valence electrons. The van der Waals surface area contributed by atoms with Crippen molar-refractivity contribution in [3.8, 4) is 0 Å². The van der Waals surface area contributed by atoms with E-state index >= 15 is 0 Å². The van der Waals surface area contributed by atoms with Gasteiger partial charge in [0.15, 0.2) is 0 Å². The standard InChI is InChI=1S/C19H24N4/c1-14-6-7-17(13-18(14)20)22-15(2)16-8-9-21-19(12-16)23-10-4-3-5-11-23/h6-9,12-13,22H,2-5,10-11,20H2,1H3. The minimum atomic E-state index is 0.784. The van der Waals surface area contributed by atoms with Gasteiger partial charge < -0.3 is 16.0 Å². The first-order valence-corrected chi connectivity index (χ1v) is 8.17. The number of nitrogens with one attached hydrogen (secondary N) is 1. The lowest BCUT2D eigenvalue weighted by atomic mass is 10.1. The molecule has 3 rings (SSSR count). The maximum absolute atomic E-state index is 5.97. The Bertz CT molecular complexity index is 702. The van der Waals surface area contributed by atoms with Gasteiger partial charge in [-0.25, -0.2) is 4.98 Å². The number of hydrogen-bond donors (Lipinski definition) is 2. The number of aromatic nitrogens is 1. The van der Waals surface area contributed by atoms with E-state index in [9.17, 15) is 0 Å². The zero-order chi connectivity index (χ0) is 16.2. The van der Waals surface area contributed by atoms with Gasteiger partial charge in [-0.05, 0) is 56.0 Å². The maximum atomic E-state index is 5.97. The Morgan fingerprint density at radius 1 is 1.17 bits per heavy atom. The van der Waals surface area contributed by atoms with Crippen LogP contribution in [0.2, 0.25) is 0 Å². The van der Waals surface area contributed by atoms with Gasteiger partial charge in [0.1, 0.15) is 5.82 Å². The second-order valence-corrected chi connectivity index (χ2v) is 6.13. The van der Waals surface area contributed by atoms with E-state index in [-0.39, 0.29) is 0 Å². The Balaban J connectivity index is 1.75. The van der Waals surface area contributed by atoms with Crippen LogP contribution in [-0.2, 0) is 0 Å². The number of anilines is 3. The Morgan fingerprint density at radius 3 is 2.70 bits per heavy atom. The van der Waals surface area contributed by atoms with E-state index in [2.05, 4.69) is 27.8 Å². The number of pyridine rings is 1. The normalized spacial score (nSPS) is 14.6. The predicted octanol–water partition coefficient (Wildman–Crippen LogP) is 4.05. The Labute approximate surface area is 138 Å². The molecule has 1 aromatic heterocycles. The van der Waals surface area contributed by atoms with E-state index in [0.29, 0.717) is 0 Å². The maximum Gasteiger partial charge on any atom is 0.129 e. The summed E-state index contributed by atoms with van der Waals surface area (Å²) >= 11 is 0. The van der Waals surface area contributed by atoms with Crippen LogP contribution in [0.1, 0.15) is 30.4 Å². The molecule has 4 heteroatoms. The van der Waals surface area contributed by atoms with Gasteiger partial charge in [0.2, 0.25) is 0 Å². The Hall–Kier alpha value is -2.49. The first kappa shape index (κ1) is 15.4. The third kappa shape index (κ3) is 3.65. The largest absolute Gasteiger partial charge is 0.398 e. The lowest BCUT2D eigenvalue weighted by molar-refractivity contribution is 0.573. The second-order valence-electron chi connectivity index (χ2n) is 6.13. The van der Waals surface area contributed by atoms with Crippen molar-refractivity contribution in [2.45, 2.75) is 26.2 Å². The highest BCUT2D eigenvalue weighted by Crippen LogP contribution is 2.24. The molecular formula is C19H24N4. The average Bonchev–Trinajstić information content (AvgIpc) is 2.59. The van der Waals surface area contributed by atoms with Crippen LogP contribution in [0.4, 0.5) is 17.2 Å². The monoisotopic (exact) mass is 308 g/mol. The molecule has 2 aromatic rings. The molecule has 0 atom stereocenters. The fraction of sp³-hybridized carbons (Fsp3) is 0.316. The minimum Gasteiger partial charge on any atom is -0.398 e. The van der Waals surface area contributed by atoms with Crippen molar-refractivity contribution in [2.75, 3.05) is 29.0 Å². The van der Waals surface area contributed by atoms with Crippen LogP contribution in [0, 0.1) is 6.92 Å². The lowest BCUT2D eigenvalue weighted by Gasteiger charge is -2.28. The third-order valence-electron chi connectivity index (χ3n) is 4.35. The molecule has 4 nitrogen and oxygen atoms in total. The SMILES string of the molecule is C=C(Nc1ccc(C)c(N)c1)c1ccnc(N2CCCCC2)c1. The number of rotatable bonds is 4. The molecular weight excluding hydrogens is 284 g/mol. The summed E-state index contributed by atoms with van der Waals surface area (Å²) < 4.78 is 0. The van der Waals surface area contributed by atoms with Gasteiger partial charge in [0, 0.05) is 41.9 Å². The molecule has 1 aliphatic rings. The molecule has 0 bridgehead atoms. The van der Waals surface area contributed by atoms with E-state index in [1.807, 2.05) is 37.4 Å². The summed E-state index contributed by atoms with van der Waals surface area (Å²) in [4.78, 5) is 6.87. The number of nitrogens with zero attached hydrogens (tertiary/aromatic N) is 2. The molecule has 1 saturated heterocycles. The van der Waals surface area contributed by atoms with Crippen molar-refractivity contribution in [1.82, 2.24) is 4.98 Å². The molecule has 1 aliphatic heterocycles. The zero-order valence-corrected chi connectivity index (χ0v) is 13.7. The van der Waals surface area contributed by atoms with Crippen LogP contribution in [-0.4, -0.2) is 18.1 Å². The van der Waals surface area contributed by atoms with E-state index in [4.69, 9.17) is 5.73 Å². The van der Waals surface area contributed by atoms with Crippen LogP contribution in [0.25, 0.3) is 5.70 Å². The van der Waals surface area contributed by atoms with Gasteiger partial charge in [-0.1, -0.05) is 12.6 Å². The van der Waals surface area contributed by atoms with Gasteiger partial charge in [-0.3, -0.25) is 0 Å². The Morgan fingerprint density at radius 2 is 1.96 bits per heavy atom. The predicted molar refractivity (Wildman–Crippen MR) is 98.5 cm³/mol. The van der Waals surface area contributed by atoms with Crippen LogP contribution in [0.3, 0.4) is 0 Å². The summed E-state index contributed by atoms with van der Waals surface area (Å²) in [7, 11) is 0. The molecule has 0 saturated carbocycles. The van der Waals surface area contributed by atoms with E-state index in [1.165, 1.54) is 19.3 Å². The summed E-state index contributed by atoms with van der Waals surface area (Å²) in [5.41, 5.74) is 10.7. The van der Waals surface area contributed by atoms with Crippen LogP contribution in [0.15, 0.2) is 43.1 Å². The molecule has 23 heavy (non-hydrogen) atoms. The summed E-state index contributed by atoms with van der Waals surface area (Å²) in [5, 5.41) is 3.34. The van der Waals surface area contributed by atoms with E-state index < -0.39 is 0 Å². The van der Waals surface area contributed by atoms with Crippen molar-refractivity contribution >= 4 is 22.9 Å². The molecule has 1 aromatic carbocycles. The lowest BCUT2D eigenvalue weighted by Crippen LogP contribution is -2.30. The molecule has 0 radical (unpaired) electrons.